The maximum atomic E-state index is 12.1. The monoisotopic (exact) mass is 322 g/mol. The van der Waals surface area contributed by atoms with E-state index in [9.17, 15) is 18.0 Å². The van der Waals surface area contributed by atoms with E-state index in [4.69, 9.17) is 4.74 Å². The second-order valence-corrected chi connectivity index (χ2v) is 6.06. The molecule has 2 unspecified atom stereocenters. The van der Waals surface area contributed by atoms with Crippen LogP contribution in [0.4, 0.5) is 13.2 Å². The zero-order valence-corrected chi connectivity index (χ0v) is 13.1. The first-order chi connectivity index (χ1) is 10.4. The molecule has 0 aromatic carbocycles. The van der Waals surface area contributed by atoms with Gasteiger partial charge in [-0.25, -0.2) is 0 Å². The molecule has 2 aliphatic heterocycles. The fourth-order valence-corrected chi connectivity index (χ4v) is 3.64. The van der Waals surface area contributed by atoms with Gasteiger partial charge in [0, 0.05) is 31.6 Å². The van der Waals surface area contributed by atoms with Gasteiger partial charge < -0.3 is 9.64 Å². The molecular formula is C15H25F3N2O2. The van der Waals surface area contributed by atoms with E-state index in [1.54, 1.807) is 0 Å². The van der Waals surface area contributed by atoms with E-state index in [1.807, 2.05) is 11.8 Å². The van der Waals surface area contributed by atoms with Gasteiger partial charge in [-0.15, -0.1) is 0 Å². The van der Waals surface area contributed by atoms with Crippen LogP contribution in [0, 0.1) is 0 Å². The quantitative estimate of drug-likeness (QED) is 0.704. The standard InChI is InChI=1S/C15H25F3N2O2/c1-2-14(21)20-8-4-6-13(20)12-5-3-7-19(12)9-10-22-11-15(16,17)18/h12-13H,2-11H2,1H3. The Morgan fingerprint density at radius 3 is 2.55 bits per heavy atom. The highest BCUT2D eigenvalue weighted by atomic mass is 19.4. The van der Waals surface area contributed by atoms with Gasteiger partial charge in [0.05, 0.1) is 6.61 Å². The molecule has 7 heteroatoms. The summed E-state index contributed by atoms with van der Waals surface area (Å²) in [6.07, 6.45) is 0.311. The van der Waals surface area contributed by atoms with Crippen molar-refractivity contribution >= 4 is 5.91 Å². The van der Waals surface area contributed by atoms with Crippen LogP contribution in [0.15, 0.2) is 0 Å². The lowest BCUT2D eigenvalue weighted by atomic mass is 10.0. The van der Waals surface area contributed by atoms with Crippen LogP contribution in [0.2, 0.25) is 0 Å². The number of ether oxygens (including phenoxy) is 1. The molecule has 1 amide bonds. The van der Waals surface area contributed by atoms with Gasteiger partial charge in [-0.3, -0.25) is 9.69 Å². The molecule has 4 nitrogen and oxygen atoms in total. The smallest absolute Gasteiger partial charge is 0.371 e. The molecule has 2 atom stereocenters. The fourth-order valence-electron chi connectivity index (χ4n) is 3.64. The molecule has 2 fully saturated rings. The van der Waals surface area contributed by atoms with Crippen molar-refractivity contribution < 1.29 is 22.7 Å². The number of halogens is 3. The Morgan fingerprint density at radius 1 is 1.18 bits per heavy atom. The number of alkyl halides is 3. The molecule has 2 saturated heterocycles. The number of nitrogens with zero attached hydrogens (tertiary/aromatic N) is 2. The Balaban J connectivity index is 1.83. The summed E-state index contributed by atoms with van der Waals surface area (Å²) < 4.78 is 40.9. The van der Waals surface area contributed by atoms with Crippen molar-refractivity contribution in [2.75, 3.05) is 32.8 Å². The van der Waals surface area contributed by atoms with Gasteiger partial charge in [0.25, 0.3) is 0 Å². The summed E-state index contributed by atoms with van der Waals surface area (Å²) in [6, 6.07) is 0.491. The highest BCUT2D eigenvalue weighted by Crippen LogP contribution is 2.30. The van der Waals surface area contributed by atoms with E-state index >= 15 is 0 Å². The predicted octanol–water partition coefficient (Wildman–Crippen LogP) is 2.43. The topological polar surface area (TPSA) is 32.8 Å². The second kappa shape index (κ2) is 7.64. The highest BCUT2D eigenvalue weighted by molar-refractivity contribution is 5.76. The molecule has 128 valence electrons. The van der Waals surface area contributed by atoms with Crippen LogP contribution >= 0.6 is 0 Å². The van der Waals surface area contributed by atoms with Crippen molar-refractivity contribution in [2.45, 2.75) is 57.3 Å². The molecule has 0 aliphatic carbocycles. The zero-order chi connectivity index (χ0) is 16.2. The number of hydrogen-bond acceptors (Lipinski definition) is 3. The predicted molar refractivity (Wildman–Crippen MR) is 76.5 cm³/mol. The largest absolute Gasteiger partial charge is 0.411 e. The van der Waals surface area contributed by atoms with Gasteiger partial charge in [0.15, 0.2) is 0 Å². The third-order valence-corrected chi connectivity index (χ3v) is 4.57. The molecule has 2 heterocycles. The average molecular weight is 322 g/mol. The Morgan fingerprint density at radius 2 is 1.86 bits per heavy atom. The fraction of sp³-hybridized carbons (Fsp3) is 0.933. The Labute approximate surface area is 129 Å². The molecule has 2 aliphatic rings. The van der Waals surface area contributed by atoms with Gasteiger partial charge in [-0.1, -0.05) is 6.92 Å². The molecule has 0 bridgehead atoms. The van der Waals surface area contributed by atoms with Gasteiger partial charge in [0.2, 0.25) is 5.91 Å². The van der Waals surface area contributed by atoms with Gasteiger partial charge >= 0.3 is 6.18 Å². The van der Waals surface area contributed by atoms with E-state index in [2.05, 4.69) is 4.90 Å². The van der Waals surface area contributed by atoms with Gasteiger partial charge in [-0.05, 0) is 32.2 Å². The highest BCUT2D eigenvalue weighted by Gasteiger charge is 2.39. The van der Waals surface area contributed by atoms with Crippen LogP contribution in [0.5, 0.6) is 0 Å². The number of amides is 1. The zero-order valence-electron chi connectivity index (χ0n) is 13.1. The lowest BCUT2D eigenvalue weighted by Crippen LogP contribution is -2.48. The normalized spacial score (nSPS) is 26.8. The second-order valence-electron chi connectivity index (χ2n) is 6.06. The Bertz CT molecular complexity index is 376. The molecule has 2 rings (SSSR count). The molecule has 0 spiro atoms. The van der Waals surface area contributed by atoms with Crippen molar-refractivity contribution in [1.29, 1.82) is 0 Å². The third-order valence-electron chi connectivity index (χ3n) is 4.57. The van der Waals surface area contributed by atoms with Crippen LogP contribution in [0.25, 0.3) is 0 Å². The Hall–Kier alpha value is -0.820. The van der Waals surface area contributed by atoms with Crippen LogP contribution in [-0.2, 0) is 9.53 Å². The molecular weight excluding hydrogens is 297 g/mol. The Kier molecular flexibility index (Phi) is 6.09. The minimum atomic E-state index is -4.26. The molecule has 0 N–H and O–H groups in total. The summed E-state index contributed by atoms with van der Waals surface area (Å²) in [5.41, 5.74) is 0. The SMILES string of the molecule is CCC(=O)N1CCCC1C1CCCN1CCOCC(F)(F)F. The van der Waals surface area contributed by atoms with Crippen LogP contribution in [0.3, 0.4) is 0 Å². The van der Waals surface area contributed by atoms with E-state index in [-0.39, 0.29) is 24.6 Å². The molecule has 0 radical (unpaired) electrons. The van der Waals surface area contributed by atoms with Crippen molar-refractivity contribution in [3.63, 3.8) is 0 Å². The van der Waals surface area contributed by atoms with E-state index in [0.717, 1.165) is 38.8 Å². The summed E-state index contributed by atoms with van der Waals surface area (Å²) in [7, 11) is 0. The first kappa shape index (κ1) is 17.5. The summed E-state index contributed by atoms with van der Waals surface area (Å²) in [5, 5.41) is 0. The van der Waals surface area contributed by atoms with Crippen LogP contribution in [-0.4, -0.2) is 66.8 Å². The van der Waals surface area contributed by atoms with Crippen LogP contribution in [0.1, 0.15) is 39.0 Å². The molecule has 0 aromatic heterocycles. The van der Waals surface area contributed by atoms with Crippen molar-refractivity contribution in [1.82, 2.24) is 9.80 Å². The number of rotatable bonds is 6. The van der Waals surface area contributed by atoms with Crippen LogP contribution < -0.4 is 0 Å². The molecule has 0 saturated carbocycles. The average Bonchev–Trinajstić information content (AvgIpc) is 3.09. The molecule has 0 aromatic rings. The number of carbonyl (C=O) groups is 1. The summed E-state index contributed by atoms with van der Waals surface area (Å²) in [5.74, 6) is 0.183. The first-order valence-electron chi connectivity index (χ1n) is 8.10. The van der Waals surface area contributed by atoms with Crippen molar-refractivity contribution in [2.24, 2.45) is 0 Å². The lowest BCUT2D eigenvalue weighted by Gasteiger charge is -2.35. The minimum Gasteiger partial charge on any atom is -0.371 e. The maximum Gasteiger partial charge on any atom is 0.411 e. The number of likely N-dealkylation sites (tertiary alicyclic amines) is 2. The number of carbonyl (C=O) groups excluding carboxylic acids is 1. The maximum absolute atomic E-state index is 12.1. The minimum absolute atomic E-state index is 0.0878. The first-order valence-corrected chi connectivity index (χ1v) is 8.10. The summed E-state index contributed by atoms with van der Waals surface area (Å²) in [4.78, 5) is 16.2. The van der Waals surface area contributed by atoms with E-state index < -0.39 is 12.8 Å². The van der Waals surface area contributed by atoms with E-state index in [0.29, 0.717) is 13.0 Å². The summed E-state index contributed by atoms with van der Waals surface area (Å²) in [6.45, 7) is 2.97. The molecule has 22 heavy (non-hydrogen) atoms. The number of hydrogen-bond donors (Lipinski definition) is 0. The van der Waals surface area contributed by atoms with Crippen molar-refractivity contribution in [3.8, 4) is 0 Å². The van der Waals surface area contributed by atoms with Gasteiger partial charge in [-0.2, -0.15) is 13.2 Å². The van der Waals surface area contributed by atoms with Crippen molar-refractivity contribution in [3.05, 3.63) is 0 Å². The lowest BCUT2D eigenvalue weighted by molar-refractivity contribution is -0.174. The van der Waals surface area contributed by atoms with E-state index in [1.165, 1.54) is 0 Å². The summed E-state index contributed by atoms with van der Waals surface area (Å²) >= 11 is 0. The third kappa shape index (κ3) is 4.59. The van der Waals surface area contributed by atoms with Gasteiger partial charge in [0.1, 0.15) is 6.61 Å².